The molecule has 30 heavy (non-hydrogen) atoms. The van der Waals surface area contributed by atoms with Crippen LogP contribution in [0, 0.1) is 0 Å². The van der Waals surface area contributed by atoms with Crippen LogP contribution in [-0.2, 0) is 4.57 Å². The van der Waals surface area contributed by atoms with Crippen LogP contribution in [0.2, 0.25) is 0 Å². The fourth-order valence-electron chi connectivity index (χ4n) is 3.65. The Balaban J connectivity index is 1.78. The Morgan fingerprint density at radius 1 is 0.700 bits per heavy atom. The van der Waals surface area contributed by atoms with E-state index in [0.29, 0.717) is 6.16 Å². The van der Waals surface area contributed by atoms with Crippen molar-refractivity contribution in [2.45, 2.75) is 6.04 Å². The van der Waals surface area contributed by atoms with Crippen LogP contribution in [0.5, 0.6) is 0 Å². The first-order valence-electron chi connectivity index (χ1n) is 9.92. The van der Waals surface area contributed by atoms with E-state index < -0.39 is 7.14 Å². The summed E-state index contributed by atoms with van der Waals surface area (Å²) >= 11 is 3.55. The highest BCUT2D eigenvalue weighted by Crippen LogP contribution is 2.47. The highest BCUT2D eigenvalue weighted by molar-refractivity contribution is 9.10. The topological polar surface area (TPSA) is 29.1 Å². The minimum absolute atomic E-state index is 0.105. The Labute approximate surface area is 186 Å². The van der Waals surface area contributed by atoms with Gasteiger partial charge in [-0.25, -0.2) is 0 Å². The van der Waals surface area contributed by atoms with E-state index in [2.05, 4.69) is 33.4 Å². The molecule has 0 amide bonds. The van der Waals surface area contributed by atoms with Crippen molar-refractivity contribution in [3.63, 3.8) is 0 Å². The molecule has 0 spiro atoms. The van der Waals surface area contributed by atoms with Gasteiger partial charge in [0.2, 0.25) is 0 Å². The zero-order chi connectivity index (χ0) is 20.8. The predicted octanol–water partition coefficient (Wildman–Crippen LogP) is 6.62. The fourth-order valence-corrected chi connectivity index (χ4v) is 6.90. The molecule has 0 aliphatic rings. The van der Waals surface area contributed by atoms with Crippen LogP contribution in [0.3, 0.4) is 0 Å². The maximum atomic E-state index is 14.6. The Morgan fingerprint density at radius 2 is 1.23 bits per heavy atom. The molecule has 0 aliphatic carbocycles. The van der Waals surface area contributed by atoms with Crippen LogP contribution in [0.1, 0.15) is 11.6 Å². The van der Waals surface area contributed by atoms with Gasteiger partial charge in [-0.15, -0.1) is 0 Å². The lowest BCUT2D eigenvalue weighted by atomic mass is 10.1. The zero-order valence-corrected chi connectivity index (χ0v) is 19.0. The molecule has 2 nitrogen and oxygen atoms in total. The summed E-state index contributed by atoms with van der Waals surface area (Å²) in [6.07, 6.45) is 0.484. The molecule has 150 valence electrons. The van der Waals surface area contributed by atoms with E-state index in [4.69, 9.17) is 0 Å². The highest BCUT2D eigenvalue weighted by Gasteiger charge is 2.31. The van der Waals surface area contributed by atoms with Crippen molar-refractivity contribution in [3.05, 3.63) is 125 Å². The first kappa shape index (κ1) is 20.7. The molecule has 0 aliphatic heterocycles. The summed E-state index contributed by atoms with van der Waals surface area (Å²) in [5.41, 5.74) is 2.11. The molecule has 0 fully saturated rings. The third-order valence-corrected chi connectivity index (χ3v) is 8.79. The summed E-state index contributed by atoms with van der Waals surface area (Å²) in [5, 5.41) is 5.39. The van der Waals surface area contributed by atoms with Crippen LogP contribution in [0.25, 0.3) is 0 Å². The fraction of sp³-hybridized carbons (Fsp3) is 0.0769. The van der Waals surface area contributed by atoms with E-state index in [1.165, 1.54) is 0 Å². The van der Waals surface area contributed by atoms with Gasteiger partial charge in [-0.3, -0.25) is 0 Å². The smallest absolute Gasteiger partial charge is 0.145 e. The van der Waals surface area contributed by atoms with Crippen LogP contribution in [0.4, 0.5) is 5.69 Å². The molecule has 4 aromatic rings. The van der Waals surface area contributed by atoms with Gasteiger partial charge in [0.15, 0.2) is 0 Å². The predicted molar refractivity (Wildman–Crippen MR) is 132 cm³/mol. The van der Waals surface area contributed by atoms with E-state index in [9.17, 15) is 4.57 Å². The Kier molecular flexibility index (Phi) is 6.52. The maximum absolute atomic E-state index is 14.6. The summed E-state index contributed by atoms with van der Waals surface area (Å²) in [6, 6.07) is 37.9. The molecule has 0 heterocycles. The van der Waals surface area contributed by atoms with E-state index in [1.54, 1.807) is 0 Å². The molecule has 4 heteroatoms. The summed E-state index contributed by atoms with van der Waals surface area (Å²) in [4.78, 5) is 0. The van der Waals surface area contributed by atoms with Crippen LogP contribution in [0.15, 0.2) is 120 Å². The molecule has 0 aromatic heterocycles. The number of anilines is 1. The number of nitrogens with one attached hydrogen (secondary N) is 1. The van der Waals surface area contributed by atoms with E-state index in [0.717, 1.165) is 26.3 Å². The van der Waals surface area contributed by atoms with Gasteiger partial charge >= 0.3 is 0 Å². The van der Waals surface area contributed by atoms with E-state index in [-0.39, 0.29) is 6.04 Å². The highest BCUT2D eigenvalue weighted by atomic mass is 79.9. The van der Waals surface area contributed by atoms with Crippen molar-refractivity contribution in [1.82, 2.24) is 0 Å². The van der Waals surface area contributed by atoms with E-state index in [1.807, 2.05) is 103 Å². The molecule has 1 unspecified atom stereocenters. The van der Waals surface area contributed by atoms with Gasteiger partial charge in [0.25, 0.3) is 0 Å². The standard InChI is InChI=1S/C26H23BrNOP/c27-22-13-10-14-23(19-22)28-26(21-11-4-1-5-12-21)20-30(29,24-15-6-2-7-16-24)25-17-8-3-9-18-25/h1-19,26,28H,20H2. The molecule has 0 radical (unpaired) electrons. The quantitative estimate of drug-likeness (QED) is 0.304. The van der Waals surface area contributed by atoms with Gasteiger partial charge in [-0.2, -0.15) is 0 Å². The maximum Gasteiger partial charge on any atom is 0.145 e. The Bertz CT molecular complexity index is 1090. The minimum atomic E-state index is -2.87. The lowest BCUT2D eigenvalue weighted by Gasteiger charge is -2.27. The van der Waals surface area contributed by atoms with Crippen molar-refractivity contribution < 1.29 is 4.57 Å². The van der Waals surface area contributed by atoms with Gasteiger partial charge < -0.3 is 9.88 Å². The Hall–Kier alpha value is -2.61. The lowest BCUT2D eigenvalue weighted by Crippen LogP contribution is -2.25. The van der Waals surface area contributed by atoms with E-state index >= 15 is 0 Å². The van der Waals surface area contributed by atoms with Gasteiger partial charge in [0.1, 0.15) is 7.14 Å². The van der Waals surface area contributed by atoms with Crippen LogP contribution >= 0.6 is 23.1 Å². The van der Waals surface area contributed by atoms with Crippen molar-refractivity contribution >= 4 is 39.4 Å². The normalized spacial score (nSPS) is 12.3. The summed E-state index contributed by atoms with van der Waals surface area (Å²) < 4.78 is 15.6. The average Bonchev–Trinajstić information content (AvgIpc) is 2.80. The number of rotatable bonds is 7. The molecule has 1 atom stereocenters. The second kappa shape index (κ2) is 9.47. The number of hydrogen-bond acceptors (Lipinski definition) is 2. The van der Waals surface area contributed by atoms with Crippen LogP contribution < -0.4 is 15.9 Å². The monoisotopic (exact) mass is 475 g/mol. The summed E-state index contributed by atoms with van der Waals surface area (Å²) in [7, 11) is -2.87. The molecular weight excluding hydrogens is 453 g/mol. The van der Waals surface area contributed by atoms with Crippen LogP contribution in [-0.4, -0.2) is 6.16 Å². The molecule has 4 aromatic carbocycles. The van der Waals surface area contributed by atoms with Gasteiger partial charge in [0, 0.05) is 26.9 Å². The molecular formula is C26H23BrNOP. The lowest BCUT2D eigenvalue weighted by molar-refractivity contribution is 0.584. The number of benzene rings is 4. The summed E-state index contributed by atoms with van der Waals surface area (Å²) in [5.74, 6) is 0. The number of halogens is 1. The second-order valence-electron chi connectivity index (χ2n) is 7.21. The molecule has 1 N–H and O–H groups in total. The second-order valence-corrected chi connectivity index (χ2v) is 11.0. The minimum Gasteiger partial charge on any atom is -0.378 e. The zero-order valence-electron chi connectivity index (χ0n) is 16.5. The molecule has 0 saturated carbocycles. The summed E-state index contributed by atoms with van der Waals surface area (Å²) in [6.45, 7) is 0. The van der Waals surface area contributed by atoms with Gasteiger partial charge in [-0.05, 0) is 23.8 Å². The largest absolute Gasteiger partial charge is 0.378 e. The average molecular weight is 476 g/mol. The first-order valence-corrected chi connectivity index (χ1v) is 12.6. The molecule has 0 saturated heterocycles. The van der Waals surface area contributed by atoms with Gasteiger partial charge in [-0.1, -0.05) is 113 Å². The number of hydrogen-bond donors (Lipinski definition) is 1. The van der Waals surface area contributed by atoms with Crippen molar-refractivity contribution in [2.75, 3.05) is 11.5 Å². The van der Waals surface area contributed by atoms with Crippen molar-refractivity contribution in [1.29, 1.82) is 0 Å². The Morgan fingerprint density at radius 3 is 1.77 bits per heavy atom. The van der Waals surface area contributed by atoms with Crippen molar-refractivity contribution in [2.24, 2.45) is 0 Å². The SMILES string of the molecule is O=P(CC(Nc1cccc(Br)c1)c1ccccc1)(c1ccccc1)c1ccccc1. The molecule has 0 bridgehead atoms. The first-order chi connectivity index (χ1) is 14.6. The van der Waals surface area contributed by atoms with Gasteiger partial charge in [0.05, 0.1) is 6.04 Å². The molecule has 4 rings (SSSR count). The van der Waals surface area contributed by atoms with Crippen molar-refractivity contribution in [3.8, 4) is 0 Å². The third kappa shape index (κ3) is 4.75. The third-order valence-electron chi connectivity index (χ3n) is 5.15.